The van der Waals surface area contributed by atoms with Crippen LogP contribution in [-0.2, 0) is 13.1 Å². The van der Waals surface area contributed by atoms with E-state index in [1.54, 1.807) is 10.8 Å². The molecule has 5 rings (SSSR count). The summed E-state index contributed by atoms with van der Waals surface area (Å²) in [4.78, 5) is 23.1. The molecule has 2 aliphatic rings. The summed E-state index contributed by atoms with van der Waals surface area (Å²) in [7, 11) is 0. The number of piperidine rings is 1. The maximum atomic E-state index is 12.3. The van der Waals surface area contributed by atoms with Gasteiger partial charge in [-0.15, -0.1) is 0 Å². The SMILES string of the molecule is O=c1cnc2ncccc2n1CCN1CCC(NCc2ccc3c(c2)OCCO3)CC1. The van der Waals surface area contributed by atoms with Gasteiger partial charge in [0.05, 0.1) is 11.7 Å². The Bertz CT molecular complexity index is 1110. The van der Waals surface area contributed by atoms with Crippen molar-refractivity contribution in [1.82, 2.24) is 24.8 Å². The Morgan fingerprint density at radius 1 is 1.03 bits per heavy atom. The van der Waals surface area contributed by atoms with Gasteiger partial charge in [0.1, 0.15) is 13.2 Å². The maximum Gasteiger partial charge on any atom is 0.269 e. The third-order valence-electron chi connectivity index (χ3n) is 6.05. The molecule has 0 amide bonds. The molecule has 0 saturated carbocycles. The molecule has 0 bridgehead atoms. The smallest absolute Gasteiger partial charge is 0.269 e. The number of aromatic nitrogens is 3. The second kappa shape index (κ2) is 9.03. The van der Waals surface area contributed by atoms with Gasteiger partial charge in [-0.2, -0.15) is 0 Å². The number of nitrogens with one attached hydrogen (secondary N) is 1. The quantitative estimate of drug-likeness (QED) is 0.650. The molecule has 3 aromatic rings. The minimum absolute atomic E-state index is 0.0727. The molecule has 2 aromatic heterocycles. The van der Waals surface area contributed by atoms with Crippen LogP contribution < -0.4 is 20.3 Å². The summed E-state index contributed by atoms with van der Waals surface area (Å²) in [6.45, 7) is 5.60. The van der Waals surface area contributed by atoms with Gasteiger partial charge in [-0.25, -0.2) is 9.97 Å². The lowest BCUT2D eigenvalue weighted by molar-refractivity contribution is 0.171. The molecule has 0 atom stereocenters. The normalized spacial score (nSPS) is 17.2. The second-order valence-corrected chi connectivity index (χ2v) is 8.07. The molecule has 1 aromatic carbocycles. The van der Waals surface area contributed by atoms with Crippen molar-refractivity contribution < 1.29 is 9.47 Å². The number of ether oxygens (including phenoxy) is 2. The fourth-order valence-electron chi connectivity index (χ4n) is 4.30. The Morgan fingerprint density at radius 2 is 1.87 bits per heavy atom. The Kier molecular flexibility index (Phi) is 5.82. The highest BCUT2D eigenvalue weighted by atomic mass is 16.6. The number of likely N-dealkylation sites (tertiary alicyclic amines) is 1. The highest BCUT2D eigenvalue weighted by Crippen LogP contribution is 2.30. The summed E-state index contributed by atoms with van der Waals surface area (Å²) in [6, 6.07) is 10.4. The minimum atomic E-state index is -0.0727. The predicted molar refractivity (Wildman–Crippen MR) is 118 cm³/mol. The van der Waals surface area contributed by atoms with E-state index in [4.69, 9.17) is 9.47 Å². The van der Waals surface area contributed by atoms with Crippen LogP contribution in [0.4, 0.5) is 0 Å². The molecule has 31 heavy (non-hydrogen) atoms. The fourth-order valence-corrected chi connectivity index (χ4v) is 4.30. The summed E-state index contributed by atoms with van der Waals surface area (Å²) in [6.07, 6.45) is 5.26. The molecule has 8 heteroatoms. The molecule has 4 heterocycles. The summed E-state index contributed by atoms with van der Waals surface area (Å²) < 4.78 is 13.0. The van der Waals surface area contributed by atoms with Crippen molar-refractivity contribution in [2.24, 2.45) is 0 Å². The standard InChI is InChI=1S/C23H27N5O3/c29-22-16-26-23-19(2-1-7-24-23)28(22)11-10-27-8-5-18(6-9-27)25-15-17-3-4-20-21(14-17)31-13-12-30-20/h1-4,7,14,16,18,25H,5-6,8-13,15H2. The summed E-state index contributed by atoms with van der Waals surface area (Å²) >= 11 is 0. The zero-order valence-corrected chi connectivity index (χ0v) is 17.5. The van der Waals surface area contributed by atoms with Crippen LogP contribution in [-0.4, -0.2) is 58.3 Å². The van der Waals surface area contributed by atoms with Crippen molar-refractivity contribution >= 4 is 11.2 Å². The maximum absolute atomic E-state index is 12.3. The van der Waals surface area contributed by atoms with Crippen molar-refractivity contribution in [3.05, 3.63) is 58.6 Å². The first-order chi connectivity index (χ1) is 15.3. The Morgan fingerprint density at radius 3 is 2.74 bits per heavy atom. The lowest BCUT2D eigenvalue weighted by Gasteiger charge is -2.32. The van der Waals surface area contributed by atoms with E-state index in [1.807, 2.05) is 18.2 Å². The van der Waals surface area contributed by atoms with Crippen LogP contribution in [0.15, 0.2) is 47.5 Å². The second-order valence-electron chi connectivity index (χ2n) is 8.07. The first kappa shape index (κ1) is 20.0. The molecule has 1 N–H and O–H groups in total. The van der Waals surface area contributed by atoms with Crippen LogP contribution in [0.1, 0.15) is 18.4 Å². The van der Waals surface area contributed by atoms with Gasteiger partial charge in [0.15, 0.2) is 17.1 Å². The molecule has 0 radical (unpaired) electrons. The zero-order chi connectivity index (χ0) is 21.0. The zero-order valence-electron chi connectivity index (χ0n) is 17.5. The first-order valence-corrected chi connectivity index (χ1v) is 10.9. The highest BCUT2D eigenvalue weighted by molar-refractivity contribution is 5.69. The molecule has 1 saturated heterocycles. The van der Waals surface area contributed by atoms with Gasteiger partial charge in [0, 0.05) is 31.9 Å². The lowest BCUT2D eigenvalue weighted by Crippen LogP contribution is -2.43. The fraction of sp³-hybridized carbons (Fsp3) is 0.435. The molecule has 1 fully saturated rings. The molecule has 8 nitrogen and oxygen atoms in total. The van der Waals surface area contributed by atoms with Gasteiger partial charge in [-0.05, 0) is 55.8 Å². The van der Waals surface area contributed by atoms with Gasteiger partial charge < -0.3 is 24.3 Å². The van der Waals surface area contributed by atoms with Crippen molar-refractivity contribution in [2.45, 2.75) is 32.0 Å². The van der Waals surface area contributed by atoms with Crippen molar-refractivity contribution in [1.29, 1.82) is 0 Å². The van der Waals surface area contributed by atoms with Crippen LogP contribution in [0.25, 0.3) is 11.2 Å². The van der Waals surface area contributed by atoms with Gasteiger partial charge in [-0.1, -0.05) is 6.07 Å². The van der Waals surface area contributed by atoms with E-state index >= 15 is 0 Å². The van der Waals surface area contributed by atoms with Crippen LogP contribution in [0, 0.1) is 0 Å². The summed E-state index contributed by atoms with van der Waals surface area (Å²) in [5.41, 5.74) is 2.55. The number of pyridine rings is 1. The van der Waals surface area contributed by atoms with E-state index in [0.717, 1.165) is 56.0 Å². The average Bonchev–Trinajstić information content (AvgIpc) is 2.82. The molecule has 0 aliphatic carbocycles. The number of hydrogen-bond acceptors (Lipinski definition) is 7. The lowest BCUT2D eigenvalue weighted by atomic mass is 10.0. The largest absolute Gasteiger partial charge is 0.486 e. The van der Waals surface area contributed by atoms with Crippen molar-refractivity contribution in [3.8, 4) is 11.5 Å². The van der Waals surface area contributed by atoms with Crippen LogP contribution in [0.5, 0.6) is 11.5 Å². The predicted octanol–water partition coefficient (Wildman–Crippen LogP) is 1.82. The number of rotatable bonds is 6. The topological polar surface area (TPSA) is 81.5 Å². The minimum Gasteiger partial charge on any atom is -0.486 e. The first-order valence-electron chi connectivity index (χ1n) is 10.9. The van der Waals surface area contributed by atoms with E-state index in [9.17, 15) is 4.79 Å². The summed E-state index contributed by atoms with van der Waals surface area (Å²) in [5.74, 6) is 1.68. The van der Waals surface area contributed by atoms with Crippen molar-refractivity contribution in [2.75, 3.05) is 32.8 Å². The van der Waals surface area contributed by atoms with Crippen LogP contribution >= 0.6 is 0 Å². The molecule has 0 unspecified atom stereocenters. The molecular weight excluding hydrogens is 394 g/mol. The summed E-state index contributed by atoms with van der Waals surface area (Å²) in [5, 5.41) is 3.68. The van der Waals surface area contributed by atoms with Gasteiger partial charge in [-0.3, -0.25) is 4.79 Å². The van der Waals surface area contributed by atoms with Crippen LogP contribution in [0.3, 0.4) is 0 Å². The number of fused-ring (bicyclic) bond motifs is 2. The molecular formula is C23H27N5O3. The molecule has 0 spiro atoms. The van der Waals surface area contributed by atoms with Gasteiger partial charge >= 0.3 is 0 Å². The molecule has 2 aliphatic heterocycles. The third kappa shape index (κ3) is 4.55. The van der Waals surface area contributed by atoms with E-state index in [0.29, 0.717) is 31.4 Å². The third-order valence-corrected chi connectivity index (χ3v) is 6.05. The van der Waals surface area contributed by atoms with Crippen LogP contribution in [0.2, 0.25) is 0 Å². The number of nitrogens with zero attached hydrogens (tertiary/aromatic N) is 4. The van der Waals surface area contributed by atoms with E-state index in [-0.39, 0.29) is 5.56 Å². The average molecular weight is 422 g/mol. The van der Waals surface area contributed by atoms with Gasteiger partial charge in [0.25, 0.3) is 5.56 Å². The Labute approximate surface area is 180 Å². The van der Waals surface area contributed by atoms with E-state index < -0.39 is 0 Å². The van der Waals surface area contributed by atoms with E-state index in [2.05, 4.69) is 32.3 Å². The van der Waals surface area contributed by atoms with Gasteiger partial charge in [0.2, 0.25) is 0 Å². The highest BCUT2D eigenvalue weighted by Gasteiger charge is 2.19. The van der Waals surface area contributed by atoms with Crippen molar-refractivity contribution in [3.63, 3.8) is 0 Å². The van der Waals surface area contributed by atoms with E-state index in [1.165, 1.54) is 11.8 Å². The number of hydrogen-bond donors (Lipinski definition) is 1. The Balaban J connectivity index is 1.11. The monoisotopic (exact) mass is 421 g/mol. The molecule has 162 valence electrons. The number of benzene rings is 1. The Hall–Kier alpha value is -2.97.